The van der Waals surface area contributed by atoms with Gasteiger partial charge in [-0.15, -0.1) is 0 Å². The quantitative estimate of drug-likeness (QED) is 0.848. The van der Waals surface area contributed by atoms with E-state index in [1.807, 2.05) is 19.1 Å². The third-order valence-electron chi connectivity index (χ3n) is 3.07. The van der Waals surface area contributed by atoms with Crippen molar-refractivity contribution in [1.29, 1.82) is 0 Å². The van der Waals surface area contributed by atoms with Gasteiger partial charge in [0.1, 0.15) is 23.7 Å². The van der Waals surface area contributed by atoms with Crippen molar-refractivity contribution in [2.75, 3.05) is 24.3 Å². The molecule has 0 aliphatic heterocycles. The van der Waals surface area contributed by atoms with E-state index in [2.05, 4.69) is 27.5 Å². The van der Waals surface area contributed by atoms with Gasteiger partial charge in [0.2, 0.25) is 0 Å². The molecular formula is C15H19ClN4O. The van der Waals surface area contributed by atoms with Gasteiger partial charge in [-0.25, -0.2) is 9.97 Å². The molecule has 0 unspecified atom stereocenters. The predicted molar refractivity (Wildman–Crippen MR) is 86.9 cm³/mol. The van der Waals surface area contributed by atoms with E-state index in [-0.39, 0.29) is 0 Å². The van der Waals surface area contributed by atoms with E-state index < -0.39 is 0 Å². The summed E-state index contributed by atoms with van der Waals surface area (Å²) in [5.41, 5.74) is 1.78. The molecule has 21 heavy (non-hydrogen) atoms. The number of ether oxygens (including phenoxy) is 1. The third kappa shape index (κ3) is 3.55. The zero-order chi connectivity index (χ0) is 15.2. The molecule has 0 amide bonds. The van der Waals surface area contributed by atoms with Gasteiger partial charge in [-0.3, -0.25) is 0 Å². The summed E-state index contributed by atoms with van der Waals surface area (Å²) in [5, 5.41) is 7.12. The van der Waals surface area contributed by atoms with Gasteiger partial charge in [-0.1, -0.05) is 18.5 Å². The van der Waals surface area contributed by atoms with Gasteiger partial charge in [0.25, 0.3) is 0 Å². The van der Waals surface area contributed by atoms with Gasteiger partial charge in [-0.2, -0.15) is 0 Å². The molecule has 6 heteroatoms. The number of methoxy groups -OCH3 is 1. The average molecular weight is 307 g/mol. The van der Waals surface area contributed by atoms with Gasteiger partial charge >= 0.3 is 0 Å². The second-order valence-electron chi connectivity index (χ2n) is 4.40. The van der Waals surface area contributed by atoms with Crippen LogP contribution in [0.5, 0.6) is 5.75 Å². The lowest BCUT2D eigenvalue weighted by atomic mass is 10.2. The Bertz CT molecular complexity index is 619. The van der Waals surface area contributed by atoms with Crippen LogP contribution in [0.4, 0.5) is 17.3 Å². The van der Waals surface area contributed by atoms with E-state index in [9.17, 15) is 0 Å². The highest BCUT2D eigenvalue weighted by molar-refractivity contribution is 6.33. The number of rotatable bonds is 6. The van der Waals surface area contributed by atoms with Crippen molar-refractivity contribution in [2.45, 2.75) is 20.3 Å². The molecule has 112 valence electrons. The summed E-state index contributed by atoms with van der Waals surface area (Å²) in [6.45, 7) is 4.91. The number of hydrogen-bond donors (Lipinski definition) is 2. The first kappa shape index (κ1) is 15.4. The highest BCUT2D eigenvalue weighted by atomic mass is 35.5. The third-order valence-corrected chi connectivity index (χ3v) is 3.40. The highest BCUT2D eigenvalue weighted by Gasteiger charge is 2.11. The molecule has 2 rings (SSSR count). The fraction of sp³-hybridized carbons (Fsp3) is 0.333. The fourth-order valence-corrected chi connectivity index (χ4v) is 2.19. The molecule has 0 spiro atoms. The molecule has 5 nitrogen and oxygen atoms in total. The van der Waals surface area contributed by atoms with Gasteiger partial charge in [0.15, 0.2) is 0 Å². The number of hydrogen-bond acceptors (Lipinski definition) is 5. The van der Waals surface area contributed by atoms with Crippen LogP contribution in [0.25, 0.3) is 0 Å². The molecule has 0 aliphatic rings. The Balaban J connectivity index is 2.37. The molecule has 0 aliphatic carbocycles. The molecular weight excluding hydrogens is 288 g/mol. The van der Waals surface area contributed by atoms with Crippen LogP contribution in [0, 0.1) is 0 Å². The van der Waals surface area contributed by atoms with Gasteiger partial charge in [-0.05, 0) is 25.5 Å². The summed E-state index contributed by atoms with van der Waals surface area (Å²) in [4.78, 5) is 8.60. The van der Waals surface area contributed by atoms with Crippen molar-refractivity contribution >= 4 is 28.9 Å². The first-order valence-electron chi connectivity index (χ1n) is 6.87. The zero-order valence-electron chi connectivity index (χ0n) is 12.4. The summed E-state index contributed by atoms with van der Waals surface area (Å²) in [7, 11) is 1.62. The maximum Gasteiger partial charge on any atom is 0.139 e. The topological polar surface area (TPSA) is 59.1 Å². The molecule has 0 atom stereocenters. The van der Waals surface area contributed by atoms with Crippen LogP contribution in [0.3, 0.4) is 0 Å². The standard InChI is InChI=1S/C15H19ClN4O/c1-4-11-14(17-5-2)18-9-19-15(11)20-13-8-10(21-3)6-7-12(13)16/h6-9H,4-5H2,1-3H3,(H2,17,18,19,20). The lowest BCUT2D eigenvalue weighted by molar-refractivity contribution is 0.415. The van der Waals surface area contributed by atoms with Crippen molar-refractivity contribution in [3.8, 4) is 5.75 Å². The molecule has 0 saturated heterocycles. The molecule has 0 bridgehead atoms. The zero-order valence-corrected chi connectivity index (χ0v) is 13.2. The minimum Gasteiger partial charge on any atom is -0.497 e. The average Bonchev–Trinajstić information content (AvgIpc) is 2.50. The Morgan fingerprint density at radius 1 is 1.19 bits per heavy atom. The first-order valence-corrected chi connectivity index (χ1v) is 7.25. The van der Waals surface area contributed by atoms with Gasteiger partial charge in [0.05, 0.1) is 17.8 Å². The first-order chi connectivity index (χ1) is 10.2. The number of benzene rings is 1. The molecule has 1 aromatic heterocycles. The smallest absolute Gasteiger partial charge is 0.139 e. The lowest BCUT2D eigenvalue weighted by Gasteiger charge is -2.15. The van der Waals surface area contributed by atoms with Crippen LogP contribution in [0.2, 0.25) is 5.02 Å². The Morgan fingerprint density at radius 2 is 1.95 bits per heavy atom. The van der Waals surface area contributed by atoms with Gasteiger partial charge < -0.3 is 15.4 Å². The van der Waals surface area contributed by atoms with Crippen LogP contribution in [-0.2, 0) is 6.42 Å². The maximum absolute atomic E-state index is 6.22. The summed E-state index contributed by atoms with van der Waals surface area (Å²) >= 11 is 6.22. The predicted octanol–water partition coefficient (Wildman–Crippen LogP) is 3.88. The number of nitrogens with one attached hydrogen (secondary N) is 2. The van der Waals surface area contributed by atoms with Crippen molar-refractivity contribution in [1.82, 2.24) is 9.97 Å². The van der Waals surface area contributed by atoms with Crippen molar-refractivity contribution in [3.63, 3.8) is 0 Å². The van der Waals surface area contributed by atoms with E-state index in [1.165, 1.54) is 6.33 Å². The van der Waals surface area contributed by atoms with Crippen LogP contribution in [0.1, 0.15) is 19.4 Å². The van der Waals surface area contributed by atoms with Gasteiger partial charge in [0, 0.05) is 18.2 Å². The van der Waals surface area contributed by atoms with E-state index in [1.54, 1.807) is 13.2 Å². The summed E-state index contributed by atoms with van der Waals surface area (Å²) in [5.74, 6) is 2.33. The fourth-order valence-electron chi connectivity index (χ4n) is 2.03. The van der Waals surface area contributed by atoms with Crippen LogP contribution in [0.15, 0.2) is 24.5 Å². The Kier molecular flexibility index (Phi) is 5.22. The number of aromatic nitrogens is 2. The van der Waals surface area contributed by atoms with Crippen molar-refractivity contribution in [3.05, 3.63) is 35.1 Å². The molecule has 1 heterocycles. The van der Waals surface area contributed by atoms with Crippen LogP contribution >= 0.6 is 11.6 Å². The maximum atomic E-state index is 6.22. The summed E-state index contributed by atoms with van der Waals surface area (Å²) in [6, 6.07) is 5.45. The summed E-state index contributed by atoms with van der Waals surface area (Å²) < 4.78 is 5.22. The van der Waals surface area contributed by atoms with Crippen molar-refractivity contribution in [2.24, 2.45) is 0 Å². The van der Waals surface area contributed by atoms with E-state index >= 15 is 0 Å². The molecule has 2 N–H and O–H groups in total. The Hall–Kier alpha value is -2.01. The Morgan fingerprint density at radius 3 is 2.62 bits per heavy atom. The number of nitrogens with zero attached hydrogens (tertiary/aromatic N) is 2. The molecule has 0 fully saturated rings. The van der Waals surface area contributed by atoms with E-state index in [4.69, 9.17) is 16.3 Å². The van der Waals surface area contributed by atoms with Crippen LogP contribution < -0.4 is 15.4 Å². The summed E-state index contributed by atoms with van der Waals surface area (Å²) in [6.07, 6.45) is 2.35. The highest BCUT2D eigenvalue weighted by Crippen LogP contribution is 2.31. The number of halogens is 1. The van der Waals surface area contributed by atoms with E-state index in [0.717, 1.165) is 41.6 Å². The minimum atomic E-state index is 0.612. The second kappa shape index (κ2) is 7.13. The number of anilines is 3. The van der Waals surface area contributed by atoms with E-state index in [0.29, 0.717) is 5.02 Å². The largest absolute Gasteiger partial charge is 0.497 e. The lowest BCUT2D eigenvalue weighted by Crippen LogP contribution is -2.07. The monoisotopic (exact) mass is 306 g/mol. The minimum absolute atomic E-state index is 0.612. The normalized spacial score (nSPS) is 10.3. The SMILES string of the molecule is CCNc1ncnc(Nc2cc(OC)ccc2Cl)c1CC. The molecule has 0 radical (unpaired) electrons. The molecule has 0 saturated carbocycles. The van der Waals surface area contributed by atoms with Crippen molar-refractivity contribution < 1.29 is 4.74 Å². The molecule has 1 aromatic carbocycles. The Labute approximate surface area is 129 Å². The van der Waals surface area contributed by atoms with Crippen LogP contribution in [-0.4, -0.2) is 23.6 Å². The molecule has 2 aromatic rings. The second-order valence-corrected chi connectivity index (χ2v) is 4.81.